The van der Waals surface area contributed by atoms with E-state index in [1.165, 1.54) is 18.2 Å². The molecule has 0 saturated heterocycles. The highest BCUT2D eigenvalue weighted by molar-refractivity contribution is 6.30. The summed E-state index contributed by atoms with van der Waals surface area (Å²) in [5, 5.41) is 2.72. The highest BCUT2D eigenvalue weighted by Gasteiger charge is 2.05. The van der Waals surface area contributed by atoms with Crippen LogP contribution in [-0.4, -0.2) is 12.5 Å². The van der Waals surface area contributed by atoms with Crippen LogP contribution in [-0.2, 0) is 4.79 Å². The second-order valence-electron chi connectivity index (χ2n) is 4.62. The average Bonchev–Trinajstić information content (AvgIpc) is 2.54. The standard InChI is InChI=1S/C18H15ClFNO2/c1-2-11-23-15-7-3-13(4-8-15)5-10-18(22)21-17-9-6-14(19)12-16(17)20/h2-10,12H,1,11H2,(H,21,22)/b10-5+. The summed E-state index contributed by atoms with van der Waals surface area (Å²) in [4.78, 5) is 11.8. The summed E-state index contributed by atoms with van der Waals surface area (Å²) in [6.07, 6.45) is 4.61. The van der Waals surface area contributed by atoms with Gasteiger partial charge in [-0.1, -0.05) is 36.4 Å². The Morgan fingerprint density at radius 2 is 2.00 bits per heavy atom. The first kappa shape index (κ1) is 16.8. The highest BCUT2D eigenvalue weighted by atomic mass is 35.5. The van der Waals surface area contributed by atoms with Crippen LogP contribution in [0.4, 0.5) is 10.1 Å². The molecule has 5 heteroatoms. The Kier molecular flexibility index (Phi) is 5.94. The molecule has 0 heterocycles. The van der Waals surface area contributed by atoms with Gasteiger partial charge in [0, 0.05) is 11.1 Å². The van der Waals surface area contributed by atoms with Gasteiger partial charge in [-0.05, 0) is 42.0 Å². The molecule has 0 aromatic heterocycles. The summed E-state index contributed by atoms with van der Waals surface area (Å²) < 4.78 is 18.9. The van der Waals surface area contributed by atoms with Gasteiger partial charge in [-0.25, -0.2) is 4.39 Å². The van der Waals surface area contributed by atoms with E-state index in [1.54, 1.807) is 24.3 Å². The topological polar surface area (TPSA) is 38.3 Å². The number of nitrogens with one attached hydrogen (secondary N) is 1. The summed E-state index contributed by atoms with van der Waals surface area (Å²) >= 11 is 5.66. The molecule has 0 fully saturated rings. The third-order valence-electron chi connectivity index (χ3n) is 2.86. The van der Waals surface area contributed by atoms with Crippen LogP contribution in [0.2, 0.25) is 5.02 Å². The van der Waals surface area contributed by atoms with Crippen LogP contribution in [0.5, 0.6) is 5.75 Å². The lowest BCUT2D eigenvalue weighted by molar-refractivity contribution is -0.111. The van der Waals surface area contributed by atoms with Gasteiger partial charge in [0.15, 0.2) is 0 Å². The molecule has 1 amide bonds. The van der Waals surface area contributed by atoms with Crippen molar-refractivity contribution in [1.29, 1.82) is 0 Å². The predicted molar refractivity (Wildman–Crippen MR) is 91.2 cm³/mol. The molecule has 1 N–H and O–H groups in total. The van der Waals surface area contributed by atoms with Crippen LogP contribution >= 0.6 is 11.6 Å². The van der Waals surface area contributed by atoms with E-state index in [2.05, 4.69) is 11.9 Å². The Bertz CT molecular complexity index is 726. The molecule has 2 aromatic carbocycles. The number of benzene rings is 2. The van der Waals surface area contributed by atoms with Crippen molar-refractivity contribution in [3.8, 4) is 5.75 Å². The van der Waals surface area contributed by atoms with E-state index in [4.69, 9.17) is 16.3 Å². The quantitative estimate of drug-likeness (QED) is 0.615. The Hall–Kier alpha value is -2.59. The summed E-state index contributed by atoms with van der Waals surface area (Å²) in [6.45, 7) is 4.01. The molecule has 118 valence electrons. The van der Waals surface area contributed by atoms with Crippen LogP contribution in [0.3, 0.4) is 0 Å². The van der Waals surface area contributed by atoms with E-state index < -0.39 is 11.7 Å². The van der Waals surface area contributed by atoms with E-state index >= 15 is 0 Å². The summed E-state index contributed by atoms with van der Waals surface area (Å²) in [7, 11) is 0. The van der Waals surface area contributed by atoms with E-state index in [1.807, 2.05) is 12.1 Å². The van der Waals surface area contributed by atoms with Crippen molar-refractivity contribution in [2.45, 2.75) is 0 Å². The van der Waals surface area contributed by atoms with E-state index in [-0.39, 0.29) is 10.7 Å². The predicted octanol–water partition coefficient (Wildman–Crippen LogP) is 4.70. The maximum atomic E-state index is 13.6. The molecule has 2 rings (SSSR count). The number of anilines is 1. The lowest BCUT2D eigenvalue weighted by atomic mass is 10.2. The molecular formula is C18H15ClFNO2. The number of hydrogen-bond donors (Lipinski definition) is 1. The maximum absolute atomic E-state index is 13.6. The fraction of sp³-hybridized carbons (Fsp3) is 0.0556. The fourth-order valence-corrected chi connectivity index (χ4v) is 1.93. The molecular weight excluding hydrogens is 317 g/mol. The van der Waals surface area contributed by atoms with Gasteiger partial charge in [0.1, 0.15) is 18.2 Å². The molecule has 0 radical (unpaired) electrons. The van der Waals surface area contributed by atoms with Crippen LogP contribution in [0, 0.1) is 5.82 Å². The van der Waals surface area contributed by atoms with Gasteiger partial charge in [0.2, 0.25) is 5.91 Å². The normalized spacial score (nSPS) is 10.5. The molecule has 0 atom stereocenters. The zero-order valence-electron chi connectivity index (χ0n) is 12.3. The van der Waals surface area contributed by atoms with Gasteiger partial charge >= 0.3 is 0 Å². The Morgan fingerprint density at radius 3 is 2.65 bits per heavy atom. The molecule has 0 unspecified atom stereocenters. The summed E-state index contributed by atoms with van der Waals surface area (Å²) in [5.74, 6) is -0.295. The van der Waals surface area contributed by atoms with E-state index in [9.17, 15) is 9.18 Å². The number of amides is 1. The van der Waals surface area contributed by atoms with Crippen LogP contribution in [0.15, 0.2) is 61.2 Å². The molecule has 2 aromatic rings. The third kappa shape index (κ3) is 5.27. The summed E-state index contributed by atoms with van der Waals surface area (Å²) in [5.41, 5.74) is 0.903. The van der Waals surface area contributed by atoms with Gasteiger partial charge in [0.05, 0.1) is 5.69 Å². The minimum absolute atomic E-state index is 0.0808. The smallest absolute Gasteiger partial charge is 0.248 e. The number of rotatable bonds is 6. The lowest BCUT2D eigenvalue weighted by Crippen LogP contribution is -2.09. The van der Waals surface area contributed by atoms with E-state index in [0.29, 0.717) is 6.61 Å². The SMILES string of the molecule is C=CCOc1ccc(/C=C/C(=O)Nc2ccc(Cl)cc2F)cc1. The van der Waals surface area contributed by atoms with Crippen molar-refractivity contribution in [2.24, 2.45) is 0 Å². The maximum Gasteiger partial charge on any atom is 0.248 e. The van der Waals surface area contributed by atoms with Crippen molar-refractivity contribution < 1.29 is 13.9 Å². The Morgan fingerprint density at radius 1 is 1.26 bits per heavy atom. The number of ether oxygens (including phenoxy) is 1. The molecule has 0 spiro atoms. The lowest BCUT2D eigenvalue weighted by Gasteiger charge is -2.04. The van der Waals surface area contributed by atoms with Crippen molar-refractivity contribution in [1.82, 2.24) is 0 Å². The molecule has 0 aliphatic rings. The molecule has 0 bridgehead atoms. The first-order valence-electron chi connectivity index (χ1n) is 6.86. The largest absolute Gasteiger partial charge is 0.490 e. The molecule has 3 nitrogen and oxygen atoms in total. The molecule has 0 aliphatic carbocycles. The van der Waals surface area contributed by atoms with Gasteiger partial charge in [0.25, 0.3) is 0 Å². The van der Waals surface area contributed by atoms with Crippen molar-refractivity contribution in [2.75, 3.05) is 11.9 Å². The van der Waals surface area contributed by atoms with Gasteiger partial charge in [-0.3, -0.25) is 4.79 Å². The third-order valence-corrected chi connectivity index (χ3v) is 3.10. The van der Waals surface area contributed by atoms with Gasteiger partial charge in [-0.2, -0.15) is 0 Å². The first-order chi connectivity index (χ1) is 11.1. The van der Waals surface area contributed by atoms with E-state index in [0.717, 1.165) is 17.4 Å². The zero-order valence-corrected chi connectivity index (χ0v) is 13.0. The Labute approximate surface area is 139 Å². The minimum Gasteiger partial charge on any atom is -0.490 e. The van der Waals surface area contributed by atoms with Crippen LogP contribution in [0.1, 0.15) is 5.56 Å². The highest BCUT2D eigenvalue weighted by Crippen LogP contribution is 2.19. The number of halogens is 2. The number of carbonyl (C=O) groups excluding carboxylic acids is 1. The monoisotopic (exact) mass is 331 g/mol. The van der Waals surface area contributed by atoms with Gasteiger partial charge in [-0.15, -0.1) is 0 Å². The number of carbonyl (C=O) groups is 1. The number of hydrogen-bond acceptors (Lipinski definition) is 2. The molecule has 0 saturated carbocycles. The average molecular weight is 332 g/mol. The second kappa shape index (κ2) is 8.15. The Balaban J connectivity index is 1.96. The van der Waals surface area contributed by atoms with Crippen LogP contribution < -0.4 is 10.1 Å². The summed E-state index contributed by atoms with van der Waals surface area (Å²) in [6, 6.07) is 11.3. The zero-order chi connectivity index (χ0) is 16.7. The fourth-order valence-electron chi connectivity index (χ4n) is 1.77. The van der Waals surface area contributed by atoms with Crippen molar-refractivity contribution >= 4 is 29.3 Å². The van der Waals surface area contributed by atoms with Crippen LogP contribution in [0.25, 0.3) is 6.08 Å². The van der Waals surface area contributed by atoms with Gasteiger partial charge < -0.3 is 10.1 Å². The minimum atomic E-state index is -0.581. The molecule has 23 heavy (non-hydrogen) atoms. The van der Waals surface area contributed by atoms with Crippen molar-refractivity contribution in [3.63, 3.8) is 0 Å². The van der Waals surface area contributed by atoms with Crippen molar-refractivity contribution in [3.05, 3.63) is 77.6 Å². The molecule has 0 aliphatic heterocycles. The second-order valence-corrected chi connectivity index (χ2v) is 5.05. The first-order valence-corrected chi connectivity index (χ1v) is 7.24.